The molecule has 2 aromatic heterocycles. The number of aromatic nitrogens is 3. The Kier molecular flexibility index (Phi) is 3.38. The van der Waals surface area contributed by atoms with Crippen LogP contribution in [-0.4, -0.2) is 26.5 Å². The van der Waals surface area contributed by atoms with Gasteiger partial charge in [0.25, 0.3) is 5.91 Å². The van der Waals surface area contributed by atoms with Gasteiger partial charge < -0.3 is 15.6 Å². The number of nitrogens with one attached hydrogen (secondary N) is 1. The van der Waals surface area contributed by atoms with Gasteiger partial charge in [-0.05, 0) is 6.92 Å². The lowest BCUT2D eigenvalue weighted by molar-refractivity contribution is 0.0932. The summed E-state index contributed by atoms with van der Waals surface area (Å²) >= 11 is 1.26. The minimum absolute atomic E-state index is 0.000348. The van der Waals surface area contributed by atoms with E-state index < -0.39 is 0 Å². The molecule has 0 aromatic carbocycles. The summed E-state index contributed by atoms with van der Waals surface area (Å²) < 4.78 is 1.90. The molecule has 1 atom stereocenters. The summed E-state index contributed by atoms with van der Waals surface area (Å²) in [5.74, 6) is -0.203. The first kappa shape index (κ1) is 11.6. The summed E-state index contributed by atoms with van der Waals surface area (Å²) in [6.07, 6.45) is 5.27. The third-order valence-corrected chi connectivity index (χ3v) is 2.85. The Morgan fingerprint density at radius 3 is 3.12 bits per heavy atom. The zero-order valence-electron chi connectivity index (χ0n) is 9.33. The fourth-order valence-corrected chi connectivity index (χ4v) is 1.99. The van der Waals surface area contributed by atoms with Crippen LogP contribution in [0.5, 0.6) is 0 Å². The van der Waals surface area contributed by atoms with Gasteiger partial charge in [-0.3, -0.25) is 4.79 Å². The van der Waals surface area contributed by atoms with Gasteiger partial charge in [-0.1, -0.05) is 0 Å². The van der Waals surface area contributed by atoms with Crippen LogP contribution in [0, 0.1) is 0 Å². The van der Waals surface area contributed by atoms with Gasteiger partial charge >= 0.3 is 0 Å². The van der Waals surface area contributed by atoms with E-state index in [1.165, 1.54) is 11.3 Å². The maximum atomic E-state index is 11.7. The van der Waals surface area contributed by atoms with Crippen LogP contribution in [0.3, 0.4) is 0 Å². The normalized spacial score (nSPS) is 12.3. The molecule has 0 aliphatic carbocycles. The van der Waals surface area contributed by atoms with Crippen molar-refractivity contribution in [2.75, 3.05) is 5.73 Å². The Labute approximate surface area is 102 Å². The third-order valence-electron chi connectivity index (χ3n) is 2.18. The molecule has 2 aromatic rings. The van der Waals surface area contributed by atoms with Gasteiger partial charge in [0.05, 0.1) is 6.33 Å². The predicted octanol–water partition coefficient (Wildman–Crippen LogP) is 0.740. The highest BCUT2D eigenvalue weighted by Crippen LogP contribution is 2.10. The van der Waals surface area contributed by atoms with E-state index in [2.05, 4.69) is 15.3 Å². The Bertz CT molecular complexity index is 493. The summed E-state index contributed by atoms with van der Waals surface area (Å²) in [6.45, 7) is 2.60. The van der Waals surface area contributed by atoms with Crippen molar-refractivity contribution in [1.29, 1.82) is 0 Å². The standard InChI is InChI=1S/C10H13N5OS/c1-7(4-15-3-2-12-6-15)13-9(16)8-5-17-10(11)14-8/h2-3,5-7H,4H2,1H3,(H2,11,14)(H,13,16). The van der Waals surface area contributed by atoms with Gasteiger partial charge in [0, 0.05) is 30.4 Å². The topological polar surface area (TPSA) is 85.8 Å². The van der Waals surface area contributed by atoms with Crippen molar-refractivity contribution in [2.45, 2.75) is 19.5 Å². The number of amides is 1. The molecule has 3 N–H and O–H groups in total. The molecule has 17 heavy (non-hydrogen) atoms. The smallest absolute Gasteiger partial charge is 0.271 e. The minimum atomic E-state index is -0.203. The van der Waals surface area contributed by atoms with Crippen LogP contribution in [0.25, 0.3) is 0 Å². The van der Waals surface area contributed by atoms with Gasteiger partial charge in [-0.2, -0.15) is 0 Å². The molecular weight excluding hydrogens is 238 g/mol. The molecule has 1 amide bonds. The highest BCUT2D eigenvalue weighted by Gasteiger charge is 2.12. The number of nitrogens with two attached hydrogens (primary N) is 1. The molecule has 7 heteroatoms. The number of hydrogen-bond donors (Lipinski definition) is 2. The average molecular weight is 251 g/mol. The molecule has 0 spiro atoms. The first-order chi connectivity index (χ1) is 8.15. The van der Waals surface area contributed by atoms with Gasteiger partial charge in [-0.25, -0.2) is 9.97 Å². The monoisotopic (exact) mass is 251 g/mol. The van der Waals surface area contributed by atoms with Crippen molar-refractivity contribution >= 4 is 22.4 Å². The van der Waals surface area contributed by atoms with Crippen LogP contribution in [-0.2, 0) is 6.54 Å². The zero-order valence-corrected chi connectivity index (χ0v) is 10.1. The highest BCUT2D eigenvalue weighted by atomic mass is 32.1. The molecule has 90 valence electrons. The number of carbonyl (C=O) groups is 1. The maximum absolute atomic E-state index is 11.7. The van der Waals surface area contributed by atoms with Crippen molar-refractivity contribution < 1.29 is 4.79 Å². The summed E-state index contributed by atoms with van der Waals surface area (Å²) in [6, 6.07) is -0.000348. The Morgan fingerprint density at radius 1 is 1.71 bits per heavy atom. The van der Waals surface area contributed by atoms with E-state index in [0.29, 0.717) is 17.4 Å². The zero-order chi connectivity index (χ0) is 12.3. The first-order valence-corrected chi connectivity index (χ1v) is 6.00. The molecule has 0 bridgehead atoms. The van der Waals surface area contributed by atoms with Crippen LogP contribution in [0.15, 0.2) is 24.1 Å². The molecule has 0 saturated carbocycles. The molecule has 2 heterocycles. The van der Waals surface area contributed by atoms with E-state index in [1.807, 2.05) is 17.7 Å². The van der Waals surface area contributed by atoms with E-state index in [-0.39, 0.29) is 11.9 Å². The van der Waals surface area contributed by atoms with Crippen LogP contribution >= 0.6 is 11.3 Å². The van der Waals surface area contributed by atoms with Gasteiger partial charge in [-0.15, -0.1) is 11.3 Å². The van der Waals surface area contributed by atoms with Crippen LogP contribution in [0.1, 0.15) is 17.4 Å². The number of rotatable bonds is 4. The summed E-state index contributed by atoms with van der Waals surface area (Å²) in [4.78, 5) is 19.6. The Morgan fingerprint density at radius 2 is 2.53 bits per heavy atom. The highest BCUT2D eigenvalue weighted by molar-refractivity contribution is 7.13. The molecule has 0 fully saturated rings. The van der Waals surface area contributed by atoms with Crippen molar-refractivity contribution in [3.63, 3.8) is 0 Å². The van der Waals surface area contributed by atoms with Crippen molar-refractivity contribution in [3.8, 4) is 0 Å². The molecule has 0 aliphatic rings. The number of nitrogens with zero attached hydrogens (tertiary/aromatic N) is 3. The number of anilines is 1. The van der Waals surface area contributed by atoms with E-state index in [4.69, 9.17) is 5.73 Å². The quantitative estimate of drug-likeness (QED) is 0.839. The largest absolute Gasteiger partial charge is 0.375 e. The Balaban J connectivity index is 1.90. The summed E-state index contributed by atoms with van der Waals surface area (Å²) in [5, 5.41) is 4.90. The van der Waals surface area contributed by atoms with Gasteiger partial charge in [0.2, 0.25) is 0 Å². The third kappa shape index (κ3) is 3.04. The number of hydrogen-bond acceptors (Lipinski definition) is 5. The van der Waals surface area contributed by atoms with E-state index in [9.17, 15) is 4.79 Å². The second-order valence-electron chi connectivity index (χ2n) is 3.70. The fourth-order valence-electron chi connectivity index (χ4n) is 1.45. The Hall–Kier alpha value is -1.89. The second-order valence-corrected chi connectivity index (χ2v) is 4.59. The molecule has 2 rings (SSSR count). The van der Waals surface area contributed by atoms with Gasteiger partial charge in [0.15, 0.2) is 5.13 Å². The number of carbonyl (C=O) groups excluding carboxylic acids is 1. The molecule has 0 radical (unpaired) electrons. The second kappa shape index (κ2) is 4.96. The number of imidazole rings is 1. The SMILES string of the molecule is CC(Cn1ccnc1)NC(=O)c1csc(N)n1. The summed E-state index contributed by atoms with van der Waals surface area (Å²) in [7, 11) is 0. The molecule has 0 aliphatic heterocycles. The lowest BCUT2D eigenvalue weighted by atomic mass is 10.3. The van der Waals surface area contributed by atoms with Crippen LogP contribution in [0.2, 0.25) is 0 Å². The summed E-state index contributed by atoms with van der Waals surface area (Å²) in [5.41, 5.74) is 5.84. The van der Waals surface area contributed by atoms with Crippen LogP contribution in [0.4, 0.5) is 5.13 Å². The maximum Gasteiger partial charge on any atom is 0.271 e. The van der Waals surface area contributed by atoms with Crippen molar-refractivity contribution in [2.24, 2.45) is 0 Å². The van der Waals surface area contributed by atoms with E-state index in [1.54, 1.807) is 17.9 Å². The molecule has 6 nitrogen and oxygen atoms in total. The lowest BCUT2D eigenvalue weighted by Crippen LogP contribution is -2.35. The van der Waals surface area contributed by atoms with Crippen molar-refractivity contribution in [3.05, 3.63) is 29.8 Å². The molecule has 1 unspecified atom stereocenters. The molecular formula is C10H13N5OS. The molecule has 0 saturated heterocycles. The van der Waals surface area contributed by atoms with E-state index >= 15 is 0 Å². The van der Waals surface area contributed by atoms with Gasteiger partial charge in [0.1, 0.15) is 5.69 Å². The number of nitrogen functional groups attached to an aromatic ring is 1. The number of thiazole rings is 1. The first-order valence-electron chi connectivity index (χ1n) is 5.13. The predicted molar refractivity (Wildman–Crippen MR) is 65.7 cm³/mol. The fraction of sp³-hybridized carbons (Fsp3) is 0.300. The minimum Gasteiger partial charge on any atom is -0.375 e. The van der Waals surface area contributed by atoms with Crippen LogP contribution < -0.4 is 11.1 Å². The van der Waals surface area contributed by atoms with Crippen molar-refractivity contribution in [1.82, 2.24) is 19.9 Å². The van der Waals surface area contributed by atoms with E-state index in [0.717, 1.165) is 0 Å². The average Bonchev–Trinajstić information content (AvgIpc) is 2.89. The lowest BCUT2D eigenvalue weighted by Gasteiger charge is -2.13.